The molecule has 2 unspecified atom stereocenters. The van der Waals surface area contributed by atoms with Gasteiger partial charge in [-0.2, -0.15) is 0 Å². The van der Waals surface area contributed by atoms with E-state index in [-0.39, 0.29) is 11.3 Å². The molecule has 3 rings (SSSR count). The first-order valence-electron chi connectivity index (χ1n) is 6.93. The van der Waals surface area contributed by atoms with Crippen molar-refractivity contribution in [1.29, 1.82) is 0 Å². The number of halogens is 1. The van der Waals surface area contributed by atoms with Gasteiger partial charge in [0, 0.05) is 19.2 Å². The van der Waals surface area contributed by atoms with Crippen molar-refractivity contribution in [2.45, 2.75) is 38.5 Å². The number of hydrogen-bond donors (Lipinski definition) is 0. The zero-order valence-electron chi connectivity index (χ0n) is 11.7. The molecule has 3 heteroatoms. The second-order valence-corrected chi connectivity index (χ2v) is 7.01. The Labute approximate surface area is 119 Å². The highest BCUT2D eigenvalue weighted by Crippen LogP contribution is 2.60. The lowest BCUT2D eigenvalue weighted by Crippen LogP contribution is -2.31. The van der Waals surface area contributed by atoms with E-state index in [1.54, 1.807) is 4.90 Å². The van der Waals surface area contributed by atoms with E-state index >= 15 is 0 Å². The van der Waals surface area contributed by atoms with Crippen LogP contribution in [0, 0.1) is 11.3 Å². The van der Waals surface area contributed by atoms with Gasteiger partial charge in [0.05, 0.1) is 5.38 Å². The van der Waals surface area contributed by atoms with Crippen LogP contribution in [0.25, 0.3) is 0 Å². The minimum absolute atomic E-state index is 0.100. The van der Waals surface area contributed by atoms with E-state index in [2.05, 4.69) is 26.0 Å². The van der Waals surface area contributed by atoms with Crippen LogP contribution in [0.3, 0.4) is 0 Å². The third kappa shape index (κ3) is 2.16. The van der Waals surface area contributed by atoms with Gasteiger partial charge >= 0.3 is 0 Å². The van der Waals surface area contributed by atoms with Crippen molar-refractivity contribution in [1.82, 2.24) is 0 Å². The van der Waals surface area contributed by atoms with E-state index in [1.165, 1.54) is 17.5 Å². The highest BCUT2D eigenvalue weighted by atomic mass is 35.5. The quantitative estimate of drug-likeness (QED) is 0.750. The third-order valence-electron chi connectivity index (χ3n) is 4.71. The first kappa shape index (κ1) is 13.0. The topological polar surface area (TPSA) is 20.3 Å². The first-order chi connectivity index (χ1) is 8.90. The average Bonchev–Trinajstić information content (AvgIpc) is 3.02. The summed E-state index contributed by atoms with van der Waals surface area (Å²) in [4.78, 5) is 13.4. The van der Waals surface area contributed by atoms with E-state index in [1.807, 2.05) is 13.1 Å². The summed E-state index contributed by atoms with van der Waals surface area (Å²) in [5.74, 6) is 0.779. The maximum atomic E-state index is 11.7. The third-order valence-corrected chi connectivity index (χ3v) is 5.26. The Balaban J connectivity index is 1.88. The first-order valence-corrected chi connectivity index (χ1v) is 7.37. The summed E-state index contributed by atoms with van der Waals surface area (Å²) >= 11 is 6.62. The minimum atomic E-state index is 0.100. The number of carbonyl (C=O) groups excluding carboxylic acids is 1. The molecular formula is C16H20ClNO. The zero-order chi connectivity index (χ0) is 13.8. The molecule has 0 spiro atoms. The van der Waals surface area contributed by atoms with Crippen molar-refractivity contribution < 1.29 is 4.79 Å². The molecule has 2 atom stereocenters. The maximum absolute atomic E-state index is 11.7. The summed E-state index contributed by atoms with van der Waals surface area (Å²) in [6.07, 6.45) is 2.65. The molecule has 2 aliphatic rings. The number of aryl methyl sites for hydroxylation is 1. The lowest BCUT2D eigenvalue weighted by Gasteiger charge is -2.26. The predicted octanol–water partition coefficient (Wildman–Crippen LogP) is 3.92. The number of alkyl halides is 1. The molecule has 19 heavy (non-hydrogen) atoms. The number of benzene rings is 1. The Bertz CT molecular complexity index is 538. The molecule has 0 saturated heterocycles. The Morgan fingerprint density at radius 1 is 1.37 bits per heavy atom. The van der Waals surface area contributed by atoms with Crippen molar-refractivity contribution in [3.05, 3.63) is 29.3 Å². The van der Waals surface area contributed by atoms with Crippen LogP contribution in [0.2, 0.25) is 0 Å². The molecule has 0 radical (unpaired) electrons. The standard InChI is InChI=1S/C16H20ClNO/c1-16(2)9-12(16)15(17)11-4-6-13-10(8-11)5-7-14(19)18(13)3/h4,6,8,12,15H,5,7,9H2,1-3H3. The highest BCUT2D eigenvalue weighted by molar-refractivity contribution is 6.21. The number of fused-ring (bicyclic) bond motifs is 1. The molecule has 0 aromatic heterocycles. The van der Waals surface area contributed by atoms with Gasteiger partial charge in [0.2, 0.25) is 5.91 Å². The lowest BCUT2D eigenvalue weighted by atomic mass is 9.95. The van der Waals surface area contributed by atoms with E-state index < -0.39 is 0 Å². The molecule has 1 fully saturated rings. The molecule has 0 N–H and O–H groups in total. The number of nitrogens with zero attached hydrogens (tertiary/aromatic N) is 1. The summed E-state index contributed by atoms with van der Waals surface area (Å²) in [6.45, 7) is 4.55. The van der Waals surface area contributed by atoms with Gasteiger partial charge in [-0.1, -0.05) is 26.0 Å². The predicted molar refractivity (Wildman–Crippen MR) is 78.7 cm³/mol. The van der Waals surface area contributed by atoms with Crippen molar-refractivity contribution in [3.63, 3.8) is 0 Å². The van der Waals surface area contributed by atoms with Crippen LogP contribution in [0.15, 0.2) is 18.2 Å². The number of rotatable bonds is 2. The molecule has 1 heterocycles. The van der Waals surface area contributed by atoms with E-state index in [0.717, 1.165) is 12.1 Å². The van der Waals surface area contributed by atoms with Gasteiger partial charge in [-0.25, -0.2) is 0 Å². The summed E-state index contributed by atoms with van der Waals surface area (Å²) in [7, 11) is 1.85. The molecule has 1 saturated carbocycles. The molecule has 2 nitrogen and oxygen atoms in total. The number of amides is 1. The van der Waals surface area contributed by atoms with E-state index in [0.29, 0.717) is 17.8 Å². The summed E-state index contributed by atoms with van der Waals surface area (Å²) in [5, 5.41) is 0.100. The van der Waals surface area contributed by atoms with E-state index in [4.69, 9.17) is 11.6 Å². The molecular weight excluding hydrogens is 258 g/mol. The highest BCUT2D eigenvalue weighted by Gasteiger charge is 2.50. The Kier molecular flexibility index (Phi) is 2.90. The normalized spacial score (nSPS) is 26.0. The van der Waals surface area contributed by atoms with Gasteiger partial charge in [-0.15, -0.1) is 11.6 Å². The van der Waals surface area contributed by atoms with Crippen LogP contribution in [-0.4, -0.2) is 13.0 Å². The second kappa shape index (κ2) is 4.24. The average molecular weight is 278 g/mol. The van der Waals surface area contributed by atoms with Crippen LogP contribution in [-0.2, 0) is 11.2 Å². The number of anilines is 1. The van der Waals surface area contributed by atoms with Crippen molar-refractivity contribution in [2.24, 2.45) is 11.3 Å². The zero-order valence-corrected chi connectivity index (χ0v) is 12.5. The summed E-state index contributed by atoms with van der Waals surface area (Å²) in [6, 6.07) is 6.33. The van der Waals surface area contributed by atoms with Gasteiger partial charge in [-0.3, -0.25) is 4.79 Å². The van der Waals surface area contributed by atoms with Crippen molar-refractivity contribution >= 4 is 23.2 Å². The smallest absolute Gasteiger partial charge is 0.227 e. The summed E-state index contributed by atoms with van der Waals surface area (Å²) in [5.41, 5.74) is 3.89. The van der Waals surface area contributed by atoms with Gasteiger partial charge in [0.15, 0.2) is 0 Å². The summed E-state index contributed by atoms with van der Waals surface area (Å²) < 4.78 is 0. The molecule has 1 aliphatic carbocycles. The molecule has 1 aromatic rings. The van der Waals surface area contributed by atoms with Crippen LogP contribution < -0.4 is 4.90 Å². The van der Waals surface area contributed by atoms with Crippen LogP contribution in [0.1, 0.15) is 43.2 Å². The molecule has 1 aromatic carbocycles. The number of carbonyl (C=O) groups is 1. The Hall–Kier alpha value is -1.02. The van der Waals surface area contributed by atoms with Gasteiger partial charge in [-0.05, 0) is 41.4 Å². The lowest BCUT2D eigenvalue weighted by molar-refractivity contribution is -0.118. The van der Waals surface area contributed by atoms with Crippen LogP contribution in [0.5, 0.6) is 0 Å². The monoisotopic (exact) mass is 277 g/mol. The second-order valence-electron chi connectivity index (χ2n) is 6.54. The fourth-order valence-corrected chi connectivity index (χ4v) is 3.65. The number of hydrogen-bond acceptors (Lipinski definition) is 1. The molecule has 1 amide bonds. The van der Waals surface area contributed by atoms with Gasteiger partial charge in [0.25, 0.3) is 0 Å². The Morgan fingerprint density at radius 2 is 2.05 bits per heavy atom. The Morgan fingerprint density at radius 3 is 2.68 bits per heavy atom. The fourth-order valence-electron chi connectivity index (χ4n) is 3.09. The molecule has 1 aliphatic heterocycles. The van der Waals surface area contributed by atoms with Crippen molar-refractivity contribution in [2.75, 3.05) is 11.9 Å². The van der Waals surface area contributed by atoms with Gasteiger partial charge < -0.3 is 4.90 Å². The largest absolute Gasteiger partial charge is 0.315 e. The maximum Gasteiger partial charge on any atom is 0.227 e. The minimum Gasteiger partial charge on any atom is -0.315 e. The SMILES string of the molecule is CN1C(=O)CCc2cc(C(Cl)C3CC3(C)C)ccc21. The fraction of sp³-hybridized carbons (Fsp3) is 0.562. The van der Waals surface area contributed by atoms with Gasteiger partial charge in [0.1, 0.15) is 0 Å². The van der Waals surface area contributed by atoms with Crippen molar-refractivity contribution in [3.8, 4) is 0 Å². The van der Waals surface area contributed by atoms with E-state index in [9.17, 15) is 4.79 Å². The molecule has 102 valence electrons. The molecule has 0 bridgehead atoms. The van der Waals surface area contributed by atoms with Crippen LogP contribution >= 0.6 is 11.6 Å². The van der Waals surface area contributed by atoms with Crippen LogP contribution in [0.4, 0.5) is 5.69 Å².